The molecular weight excluding hydrogens is 274 g/mol. The fourth-order valence-electron chi connectivity index (χ4n) is 1.89. The minimum Gasteiger partial charge on any atom is -0.506 e. The van der Waals surface area contributed by atoms with Gasteiger partial charge in [-0.15, -0.1) is 0 Å². The third kappa shape index (κ3) is 3.52. The highest BCUT2D eigenvalue weighted by Gasteiger charge is 2.07. The molecule has 1 amide bonds. The van der Waals surface area contributed by atoms with Gasteiger partial charge in [-0.3, -0.25) is 4.79 Å². The molecule has 4 heteroatoms. The number of aromatic hydroxyl groups is 1. The maximum atomic E-state index is 11.9. The van der Waals surface area contributed by atoms with Gasteiger partial charge >= 0.3 is 0 Å². The normalized spacial score (nSPS) is 10.3. The number of carbonyl (C=O) groups is 1. The van der Waals surface area contributed by atoms with Gasteiger partial charge in [-0.2, -0.15) is 0 Å². The first kappa shape index (κ1) is 14.4. The first-order valence-electron chi connectivity index (χ1n) is 6.30. The molecule has 3 nitrogen and oxygen atoms in total. The highest BCUT2D eigenvalue weighted by Crippen LogP contribution is 2.26. The number of rotatable bonds is 3. The van der Waals surface area contributed by atoms with E-state index in [0.29, 0.717) is 12.1 Å². The molecule has 2 aromatic carbocycles. The van der Waals surface area contributed by atoms with Gasteiger partial charge in [-0.05, 0) is 42.7 Å². The Labute approximate surface area is 123 Å². The Morgan fingerprint density at radius 1 is 1.15 bits per heavy atom. The van der Waals surface area contributed by atoms with E-state index < -0.39 is 0 Å². The molecule has 0 fully saturated rings. The number of anilines is 1. The molecule has 104 valence electrons. The Bertz CT molecular complexity index is 597. The lowest BCUT2D eigenvalue weighted by atomic mass is 10.0. The lowest BCUT2D eigenvalue weighted by Crippen LogP contribution is -2.14. The standard InChI is InChI=1S/C16H16ClNO2/c1-10-3-4-12(7-11(10)2)8-16(20)18-13-5-6-14(17)15(19)9-13/h3-7,9,19H,8H2,1-2H3,(H,18,20). The minimum atomic E-state index is -0.130. The van der Waals surface area contributed by atoms with Gasteiger partial charge in [0.1, 0.15) is 5.75 Å². The van der Waals surface area contributed by atoms with Crippen LogP contribution in [-0.2, 0) is 11.2 Å². The SMILES string of the molecule is Cc1ccc(CC(=O)Nc2ccc(Cl)c(O)c2)cc1C. The number of halogens is 1. The lowest BCUT2D eigenvalue weighted by molar-refractivity contribution is -0.115. The van der Waals surface area contributed by atoms with E-state index in [9.17, 15) is 9.90 Å². The number of benzene rings is 2. The summed E-state index contributed by atoms with van der Waals surface area (Å²) in [5.41, 5.74) is 3.86. The number of phenols is 1. The van der Waals surface area contributed by atoms with Gasteiger partial charge in [0.05, 0.1) is 11.4 Å². The summed E-state index contributed by atoms with van der Waals surface area (Å²) in [7, 11) is 0. The smallest absolute Gasteiger partial charge is 0.228 e. The van der Waals surface area contributed by atoms with Gasteiger partial charge in [0, 0.05) is 11.8 Å². The molecule has 0 saturated heterocycles. The Balaban J connectivity index is 2.04. The van der Waals surface area contributed by atoms with Crippen LogP contribution in [0.4, 0.5) is 5.69 Å². The predicted molar refractivity (Wildman–Crippen MR) is 81.4 cm³/mol. The van der Waals surface area contributed by atoms with Gasteiger partial charge in [0.2, 0.25) is 5.91 Å². The van der Waals surface area contributed by atoms with Crippen LogP contribution in [-0.4, -0.2) is 11.0 Å². The van der Waals surface area contributed by atoms with Crippen LogP contribution in [0, 0.1) is 13.8 Å². The maximum absolute atomic E-state index is 11.9. The quantitative estimate of drug-likeness (QED) is 0.902. The minimum absolute atomic E-state index is 0.0457. The molecule has 0 unspecified atom stereocenters. The molecule has 0 atom stereocenters. The molecular formula is C16H16ClNO2. The van der Waals surface area contributed by atoms with Gasteiger partial charge in [0.25, 0.3) is 0 Å². The first-order chi connectivity index (χ1) is 9.45. The van der Waals surface area contributed by atoms with Crippen molar-refractivity contribution in [2.24, 2.45) is 0 Å². The van der Waals surface area contributed by atoms with Crippen molar-refractivity contribution < 1.29 is 9.90 Å². The zero-order valence-corrected chi connectivity index (χ0v) is 12.2. The third-order valence-corrected chi connectivity index (χ3v) is 3.49. The average molecular weight is 290 g/mol. The number of amides is 1. The number of aryl methyl sites for hydroxylation is 2. The largest absolute Gasteiger partial charge is 0.506 e. The second-order valence-corrected chi connectivity index (χ2v) is 5.22. The summed E-state index contributed by atoms with van der Waals surface area (Å²) in [4.78, 5) is 11.9. The molecule has 0 aromatic heterocycles. The van der Waals surface area contributed by atoms with Gasteiger partial charge < -0.3 is 10.4 Å². The van der Waals surface area contributed by atoms with Crippen LogP contribution >= 0.6 is 11.6 Å². The van der Waals surface area contributed by atoms with E-state index >= 15 is 0 Å². The monoisotopic (exact) mass is 289 g/mol. The molecule has 2 N–H and O–H groups in total. The Morgan fingerprint density at radius 2 is 1.90 bits per heavy atom. The molecule has 0 spiro atoms. The van der Waals surface area contributed by atoms with Crippen LogP contribution in [0.5, 0.6) is 5.75 Å². The number of phenolic OH excluding ortho intramolecular Hbond substituents is 1. The first-order valence-corrected chi connectivity index (χ1v) is 6.68. The number of hydrogen-bond donors (Lipinski definition) is 2. The summed E-state index contributed by atoms with van der Waals surface area (Å²) in [6, 6.07) is 10.6. The summed E-state index contributed by atoms with van der Waals surface area (Å²) >= 11 is 5.72. The van der Waals surface area contributed by atoms with Crippen molar-refractivity contribution in [3.8, 4) is 5.75 Å². The fraction of sp³-hybridized carbons (Fsp3) is 0.188. The van der Waals surface area contributed by atoms with Crippen molar-refractivity contribution in [3.63, 3.8) is 0 Å². The predicted octanol–water partition coefficient (Wildman–Crippen LogP) is 3.84. The van der Waals surface area contributed by atoms with Crippen molar-refractivity contribution in [3.05, 3.63) is 58.1 Å². The molecule has 0 radical (unpaired) electrons. The van der Waals surface area contributed by atoms with Crippen LogP contribution in [0.25, 0.3) is 0 Å². The Hall–Kier alpha value is -2.00. The number of carbonyl (C=O) groups excluding carboxylic acids is 1. The van der Waals surface area contributed by atoms with Crippen LogP contribution in [0.3, 0.4) is 0 Å². The Morgan fingerprint density at radius 3 is 2.55 bits per heavy atom. The lowest BCUT2D eigenvalue weighted by Gasteiger charge is -2.08. The zero-order valence-electron chi connectivity index (χ0n) is 11.4. The zero-order chi connectivity index (χ0) is 14.7. The van der Waals surface area contributed by atoms with Crippen LogP contribution in [0.2, 0.25) is 5.02 Å². The summed E-state index contributed by atoms with van der Waals surface area (Å²) < 4.78 is 0. The highest BCUT2D eigenvalue weighted by atomic mass is 35.5. The van der Waals surface area contributed by atoms with Crippen molar-refractivity contribution in [1.82, 2.24) is 0 Å². The summed E-state index contributed by atoms with van der Waals surface area (Å²) in [5, 5.41) is 12.5. The Kier molecular flexibility index (Phi) is 4.30. The van der Waals surface area contributed by atoms with Gasteiger partial charge in [-0.1, -0.05) is 29.8 Å². The fourth-order valence-corrected chi connectivity index (χ4v) is 2.01. The van der Waals surface area contributed by atoms with E-state index in [0.717, 1.165) is 5.56 Å². The molecule has 0 heterocycles. The summed E-state index contributed by atoms with van der Waals surface area (Å²) in [6.45, 7) is 4.06. The average Bonchev–Trinajstić information content (AvgIpc) is 2.38. The highest BCUT2D eigenvalue weighted by molar-refractivity contribution is 6.32. The van der Waals surface area contributed by atoms with E-state index in [1.165, 1.54) is 17.2 Å². The van der Waals surface area contributed by atoms with Crippen LogP contribution < -0.4 is 5.32 Å². The molecule has 0 aliphatic rings. The summed E-state index contributed by atoms with van der Waals surface area (Å²) in [5.74, 6) is -0.175. The van der Waals surface area contributed by atoms with E-state index in [1.807, 2.05) is 32.0 Å². The molecule has 0 bridgehead atoms. The second-order valence-electron chi connectivity index (χ2n) is 4.81. The molecule has 0 saturated carbocycles. The van der Waals surface area contributed by atoms with E-state index in [1.54, 1.807) is 12.1 Å². The molecule has 2 rings (SSSR count). The van der Waals surface area contributed by atoms with Crippen molar-refractivity contribution in [2.75, 3.05) is 5.32 Å². The van der Waals surface area contributed by atoms with Crippen LogP contribution in [0.15, 0.2) is 36.4 Å². The van der Waals surface area contributed by atoms with Crippen molar-refractivity contribution in [1.29, 1.82) is 0 Å². The maximum Gasteiger partial charge on any atom is 0.228 e. The number of hydrogen-bond acceptors (Lipinski definition) is 2. The van der Waals surface area contributed by atoms with Crippen molar-refractivity contribution >= 4 is 23.2 Å². The van der Waals surface area contributed by atoms with E-state index in [-0.39, 0.29) is 16.7 Å². The van der Waals surface area contributed by atoms with Crippen LogP contribution in [0.1, 0.15) is 16.7 Å². The van der Waals surface area contributed by atoms with E-state index in [2.05, 4.69) is 5.32 Å². The molecule has 0 aliphatic heterocycles. The summed E-state index contributed by atoms with van der Waals surface area (Å²) in [6.07, 6.45) is 0.296. The second kappa shape index (κ2) is 5.97. The molecule has 0 aliphatic carbocycles. The molecule has 20 heavy (non-hydrogen) atoms. The third-order valence-electron chi connectivity index (χ3n) is 3.17. The van der Waals surface area contributed by atoms with E-state index in [4.69, 9.17) is 11.6 Å². The topological polar surface area (TPSA) is 49.3 Å². The van der Waals surface area contributed by atoms with Crippen molar-refractivity contribution in [2.45, 2.75) is 20.3 Å². The molecule has 2 aromatic rings. The van der Waals surface area contributed by atoms with Gasteiger partial charge in [0.15, 0.2) is 0 Å². The van der Waals surface area contributed by atoms with Gasteiger partial charge in [-0.25, -0.2) is 0 Å². The number of nitrogens with one attached hydrogen (secondary N) is 1.